The van der Waals surface area contributed by atoms with Crippen molar-refractivity contribution in [2.75, 3.05) is 9.80 Å². The number of anilines is 6. The first-order valence-corrected chi connectivity index (χ1v) is 45.6. The maximum Gasteiger partial charge on any atom is 0.143 e. The molecule has 0 N–H and O–H groups in total. The Hall–Kier alpha value is -16.7. The van der Waals surface area contributed by atoms with Crippen molar-refractivity contribution in [2.45, 2.75) is 31.1 Å². The fourth-order valence-electron chi connectivity index (χ4n) is 20.7. The zero-order chi connectivity index (χ0) is 86.7. The van der Waals surface area contributed by atoms with Gasteiger partial charge in [0.25, 0.3) is 0 Å². The molecular formula is C127H88N2O2. The van der Waals surface area contributed by atoms with Crippen LogP contribution in [0.3, 0.4) is 0 Å². The van der Waals surface area contributed by atoms with Crippen molar-refractivity contribution >= 4 is 99.5 Å². The van der Waals surface area contributed by atoms with Gasteiger partial charge >= 0.3 is 0 Å². The molecule has 0 atom stereocenters. The molecule has 1 fully saturated rings. The lowest BCUT2D eigenvalue weighted by atomic mass is 9.76. The number of rotatable bonds is 16. The van der Waals surface area contributed by atoms with E-state index in [0.717, 1.165) is 96.5 Å². The summed E-state index contributed by atoms with van der Waals surface area (Å²) in [5.74, 6) is 0. The van der Waals surface area contributed by atoms with Gasteiger partial charge in [0.05, 0.1) is 0 Å². The smallest absolute Gasteiger partial charge is 0.143 e. The number of hydrogen-bond acceptors (Lipinski definition) is 4. The largest absolute Gasteiger partial charge is 0.455 e. The van der Waals surface area contributed by atoms with Gasteiger partial charge in [0, 0.05) is 72.2 Å². The van der Waals surface area contributed by atoms with Crippen LogP contribution in [0.25, 0.3) is 188 Å². The van der Waals surface area contributed by atoms with E-state index in [9.17, 15) is 0 Å². The number of fused-ring (bicyclic) bond motifs is 14. The van der Waals surface area contributed by atoms with Gasteiger partial charge in [-0.3, -0.25) is 0 Å². The van der Waals surface area contributed by atoms with Crippen LogP contribution in [0, 0.1) is 0 Å². The molecule has 1 spiro atoms. The van der Waals surface area contributed by atoms with Crippen molar-refractivity contribution in [3.8, 4) is 122 Å². The predicted molar refractivity (Wildman–Crippen MR) is 551 cm³/mol. The Labute approximate surface area is 762 Å². The van der Waals surface area contributed by atoms with Gasteiger partial charge in [0.1, 0.15) is 22.3 Å². The molecule has 23 aromatic rings. The second-order valence-corrected chi connectivity index (χ2v) is 34.9. The van der Waals surface area contributed by atoms with E-state index in [-0.39, 0.29) is 5.41 Å². The van der Waals surface area contributed by atoms with E-state index in [1.54, 1.807) is 0 Å². The third-order valence-electron chi connectivity index (χ3n) is 27.4. The molecule has 2 aliphatic rings. The molecule has 0 radical (unpaired) electrons. The van der Waals surface area contributed by atoms with E-state index in [0.29, 0.717) is 0 Å². The third kappa shape index (κ3) is 14.5. The van der Waals surface area contributed by atoms with Crippen LogP contribution >= 0.6 is 0 Å². The van der Waals surface area contributed by atoms with Crippen molar-refractivity contribution in [1.29, 1.82) is 0 Å². The fourth-order valence-corrected chi connectivity index (χ4v) is 20.7. The second-order valence-electron chi connectivity index (χ2n) is 34.9. The van der Waals surface area contributed by atoms with Gasteiger partial charge in [-0.2, -0.15) is 0 Å². The highest BCUT2D eigenvalue weighted by Gasteiger charge is 2.46. The summed E-state index contributed by atoms with van der Waals surface area (Å²) in [5.41, 5.74) is 40.0. The summed E-state index contributed by atoms with van der Waals surface area (Å²) in [5, 5.41) is 9.44. The summed E-state index contributed by atoms with van der Waals surface area (Å²) in [6.45, 7) is 0. The lowest BCUT2D eigenvalue weighted by molar-refractivity contribution is 0.550. The van der Waals surface area contributed by atoms with Crippen LogP contribution < -0.4 is 9.80 Å². The highest BCUT2D eigenvalue weighted by Crippen LogP contribution is 2.59. The molecule has 21 aromatic carbocycles. The van der Waals surface area contributed by atoms with Crippen LogP contribution in [0.15, 0.2) is 494 Å². The average Bonchev–Trinajstić information content (AvgIpc) is 1.55. The molecule has 131 heavy (non-hydrogen) atoms. The van der Waals surface area contributed by atoms with Gasteiger partial charge in [0.2, 0.25) is 0 Å². The van der Waals surface area contributed by atoms with Crippen molar-refractivity contribution < 1.29 is 8.83 Å². The first-order valence-electron chi connectivity index (χ1n) is 45.6. The molecule has 0 bridgehead atoms. The van der Waals surface area contributed by atoms with Crippen molar-refractivity contribution in [3.63, 3.8) is 0 Å². The number of furan rings is 2. The summed E-state index contributed by atoms with van der Waals surface area (Å²) in [7, 11) is 0. The minimum absolute atomic E-state index is 0.0460. The lowest BCUT2D eigenvalue weighted by Crippen LogP contribution is -2.21. The van der Waals surface area contributed by atoms with Crippen LogP contribution in [0.1, 0.15) is 36.8 Å². The van der Waals surface area contributed by atoms with E-state index in [2.05, 4.69) is 483 Å². The van der Waals surface area contributed by atoms with Gasteiger partial charge in [-0.05, 0) is 254 Å². The lowest BCUT2D eigenvalue weighted by Gasteiger charge is -2.30. The van der Waals surface area contributed by atoms with Crippen molar-refractivity contribution in [2.24, 2.45) is 0 Å². The minimum Gasteiger partial charge on any atom is -0.455 e. The average molecular weight is 1670 g/mol. The molecule has 4 nitrogen and oxygen atoms in total. The zero-order valence-corrected chi connectivity index (χ0v) is 72.2. The summed E-state index contributed by atoms with van der Waals surface area (Å²) in [6.07, 6.45) is 4.73. The summed E-state index contributed by atoms with van der Waals surface area (Å²) in [6, 6.07) is 176. The first-order chi connectivity index (χ1) is 64.9. The Morgan fingerprint density at radius 2 is 0.427 bits per heavy atom. The number of benzene rings is 21. The Morgan fingerprint density at radius 3 is 0.802 bits per heavy atom. The van der Waals surface area contributed by atoms with E-state index >= 15 is 0 Å². The fraction of sp³-hybridized carbons (Fsp3) is 0.0394. The van der Waals surface area contributed by atoms with Crippen LogP contribution in [0.4, 0.5) is 34.1 Å². The molecule has 618 valence electrons. The molecule has 4 heteroatoms. The van der Waals surface area contributed by atoms with Crippen LogP contribution in [-0.4, -0.2) is 0 Å². The predicted octanol–water partition coefficient (Wildman–Crippen LogP) is 35.9. The topological polar surface area (TPSA) is 32.8 Å². The van der Waals surface area contributed by atoms with Gasteiger partial charge < -0.3 is 18.6 Å². The summed E-state index contributed by atoms with van der Waals surface area (Å²) in [4.78, 5) is 4.81. The van der Waals surface area contributed by atoms with Crippen LogP contribution in [0.2, 0.25) is 0 Å². The Morgan fingerprint density at radius 1 is 0.168 bits per heavy atom. The molecule has 0 aliphatic heterocycles. The van der Waals surface area contributed by atoms with E-state index < -0.39 is 0 Å². The highest BCUT2D eigenvalue weighted by atomic mass is 16.3. The molecule has 0 unspecified atom stereocenters. The van der Waals surface area contributed by atoms with E-state index in [1.165, 1.54) is 162 Å². The number of para-hydroxylation sites is 4. The number of nitrogens with zero attached hydrogens (tertiary/aromatic N) is 2. The number of hydrogen-bond donors (Lipinski definition) is 0. The second kappa shape index (κ2) is 33.3. The van der Waals surface area contributed by atoms with E-state index in [4.69, 9.17) is 8.83 Å². The summed E-state index contributed by atoms with van der Waals surface area (Å²) >= 11 is 0. The molecule has 0 saturated heterocycles. The maximum atomic E-state index is 6.56. The van der Waals surface area contributed by atoms with Crippen molar-refractivity contribution in [1.82, 2.24) is 0 Å². The highest BCUT2D eigenvalue weighted by molar-refractivity contribution is 6.14. The molecular weight excluding hydrogens is 1590 g/mol. The van der Waals surface area contributed by atoms with Gasteiger partial charge in [0.15, 0.2) is 0 Å². The third-order valence-corrected chi connectivity index (χ3v) is 27.4. The van der Waals surface area contributed by atoms with Gasteiger partial charge in [-0.1, -0.05) is 401 Å². The molecule has 1 saturated carbocycles. The molecule has 0 amide bonds. The molecule has 2 aliphatic carbocycles. The Balaban J connectivity index is 0.000000145. The van der Waals surface area contributed by atoms with Crippen LogP contribution in [-0.2, 0) is 5.41 Å². The molecule has 2 heterocycles. The van der Waals surface area contributed by atoms with Gasteiger partial charge in [-0.25, -0.2) is 0 Å². The SMILES string of the molecule is c1ccc(-c2ccc(-c3ccc(N(c4ccc(-c5ccc(-c6ccccc6)cc5)cc4)c4ccc5c(c4)C4(CCCC4)c4cc(-c6cccc7c6oc6ccccc67)ccc4-5)cc3)cc2)cc1.c1ccc(-c2ccc(-c3ccc(N(c4ccc(-c5ccc(-c6ccccc6)cc5)cc4)c4ccc5c(ccc6cc(-c7cccc8c7oc7ccccc78)ccc65)c4)cc3)cc2)cc1. The quantitative estimate of drug-likeness (QED) is 0.0903. The minimum atomic E-state index is -0.0460. The molecule has 2 aromatic heterocycles. The summed E-state index contributed by atoms with van der Waals surface area (Å²) < 4.78 is 13.0. The van der Waals surface area contributed by atoms with Crippen molar-refractivity contribution in [3.05, 3.63) is 496 Å². The monoisotopic (exact) mass is 1670 g/mol. The Bertz CT molecular complexity index is 7910. The zero-order valence-electron chi connectivity index (χ0n) is 72.2. The van der Waals surface area contributed by atoms with Crippen LogP contribution in [0.5, 0.6) is 0 Å². The Kier molecular flexibility index (Phi) is 19.8. The maximum absolute atomic E-state index is 6.56. The standard InChI is InChI=1S/C65H47NO.C62H41NO/c1-3-12-44(13-4-1)46-20-24-48(25-21-46)50-28-33-53(34-29-50)66(54-35-30-51(31-36-54)49-26-22-47(23-27-49)45-14-5-2-6-15-45)55-37-39-58-57-38-32-52(42-61(57)65(62(58)43-55)40-9-10-41-65)56-17-11-18-60-59-16-7-8-19-63(59)67-64(56)60;1-3-10-42(11-4-1)44-18-22-46(23-19-44)48-28-33-53(34-29-48)63(54-35-30-49(31-36-54)47-24-20-45(21-25-47)43-12-5-2-6-13-43)55-37-39-57-52(41-55)27-26-50-40-51(32-38-56(50)57)58-15-9-16-60-59-14-7-8-17-61(59)64-62(58)60/h1-8,11-39,42-43H,9-10,40-41H2;1-41H. The molecule has 25 rings (SSSR count). The first kappa shape index (κ1) is 77.9. The van der Waals surface area contributed by atoms with E-state index in [1.807, 2.05) is 12.1 Å². The van der Waals surface area contributed by atoms with Gasteiger partial charge in [-0.15, -0.1) is 0 Å². The normalized spacial score (nSPS) is 12.5.